The number of nitrogens with zero attached hydrogens (tertiary/aromatic N) is 3. The van der Waals surface area contributed by atoms with Crippen LogP contribution in [0.5, 0.6) is 0 Å². The summed E-state index contributed by atoms with van der Waals surface area (Å²) in [5.74, 6) is 1.23. The summed E-state index contributed by atoms with van der Waals surface area (Å²) in [5.41, 5.74) is 4.14. The SMILES string of the molecule is C=Cc1ccc(Cn2nc(Nc3ccccc3)nc2Nc2ccccc2)cc1. The molecule has 0 atom stereocenters. The van der Waals surface area contributed by atoms with E-state index in [0.29, 0.717) is 18.4 Å². The van der Waals surface area contributed by atoms with Gasteiger partial charge in [-0.05, 0) is 35.4 Å². The maximum atomic E-state index is 4.65. The number of hydrogen-bond donors (Lipinski definition) is 2. The van der Waals surface area contributed by atoms with Gasteiger partial charge in [0.1, 0.15) is 0 Å². The Morgan fingerprint density at radius 2 is 1.39 bits per heavy atom. The monoisotopic (exact) mass is 367 g/mol. The molecule has 138 valence electrons. The van der Waals surface area contributed by atoms with E-state index in [4.69, 9.17) is 0 Å². The molecule has 1 aromatic heterocycles. The van der Waals surface area contributed by atoms with E-state index < -0.39 is 0 Å². The molecule has 1 heterocycles. The highest BCUT2D eigenvalue weighted by atomic mass is 15.4. The van der Waals surface area contributed by atoms with Crippen molar-refractivity contribution in [3.63, 3.8) is 0 Å². The number of aromatic nitrogens is 3. The first-order valence-corrected chi connectivity index (χ1v) is 9.10. The molecule has 4 rings (SSSR count). The van der Waals surface area contributed by atoms with Crippen LogP contribution in [0.15, 0.2) is 91.5 Å². The van der Waals surface area contributed by atoms with Crippen molar-refractivity contribution in [2.75, 3.05) is 10.6 Å². The van der Waals surface area contributed by atoms with Gasteiger partial charge in [-0.15, -0.1) is 5.10 Å². The molecule has 0 bridgehead atoms. The first kappa shape index (κ1) is 17.5. The van der Waals surface area contributed by atoms with E-state index in [0.717, 1.165) is 22.5 Å². The normalized spacial score (nSPS) is 10.4. The molecule has 4 aromatic rings. The topological polar surface area (TPSA) is 54.8 Å². The molecule has 0 aliphatic carbocycles. The van der Waals surface area contributed by atoms with Gasteiger partial charge in [0.15, 0.2) is 0 Å². The van der Waals surface area contributed by atoms with E-state index in [1.54, 1.807) is 0 Å². The largest absolute Gasteiger partial charge is 0.324 e. The van der Waals surface area contributed by atoms with Gasteiger partial charge in [-0.1, -0.05) is 73.3 Å². The lowest BCUT2D eigenvalue weighted by Gasteiger charge is -2.08. The number of rotatable bonds is 7. The number of hydrogen-bond acceptors (Lipinski definition) is 4. The van der Waals surface area contributed by atoms with Crippen LogP contribution in [0.3, 0.4) is 0 Å². The van der Waals surface area contributed by atoms with Gasteiger partial charge in [-0.25, -0.2) is 4.68 Å². The molecular weight excluding hydrogens is 346 g/mol. The highest BCUT2D eigenvalue weighted by Crippen LogP contribution is 2.20. The maximum absolute atomic E-state index is 4.65. The number of benzene rings is 3. The third kappa shape index (κ3) is 4.27. The molecule has 0 amide bonds. The van der Waals surface area contributed by atoms with Crippen molar-refractivity contribution in [3.8, 4) is 0 Å². The summed E-state index contributed by atoms with van der Waals surface area (Å²) in [6, 6.07) is 28.1. The van der Waals surface area contributed by atoms with E-state index in [1.807, 2.05) is 83.6 Å². The van der Waals surface area contributed by atoms with Gasteiger partial charge in [0, 0.05) is 11.4 Å². The molecule has 3 aromatic carbocycles. The summed E-state index contributed by atoms with van der Waals surface area (Å²) >= 11 is 0. The lowest BCUT2D eigenvalue weighted by Crippen LogP contribution is -2.07. The molecule has 0 aliphatic rings. The van der Waals surface area contributed by atoms with Crippen molar-refractivity contribution in [2.45, 2.75) is 6.54 Å². The van der Waals surface area contributed by atoms with Gasteiger partial charge in [0.25, 0.3) is 0 Å². The van der Waals surface area contributed by atoms with Crippen LogP contribution in [-0.4, -0.2) is 14.8 Å². The standard InChI is InChI=1S/C23H21N5/c1-2-18-13-15-19(16-14-18)17-28-23(25-21-11-7-4-8-12-21)26-22(27-28)24-20-9-5-3-6-10-20/h2-16H,1,17H2,(H2,24,25,26,27). The van der Waals surface area contributed by atoms with Crippen molar-refractivity contribution in [1.82, 2.24) is 14.8 Å². The minimum absolute atomic E-state index is 0.548. The molecule has 0 saturated heterocycles. The first-order valence-electron chi connectivity index (χ1n) is 9.10. The minimum Gasteiger partial charge on any atom is -0.324 e. The zero-order valence-corrected chi connectivity index (χ0v) is 15.4. The summed E-state index contributed by atoms with van der Waals surface area (Å²) in [4.78, 5) is 4.64. The van der Waals surface area contributed by atoms with Gasteiger partial charge < -0.3 is 10.6 Å². The van der Waals surface area contributed by atoms with Crippen molar-refractivity contribution in [1.29, 1.82) is 0 Å². The fourth-order valence-electron chi connectivity index (χ4n) is 2.83. The second-order valence-electron chi connectivity index (χ2n) is 6.34. The molecular formula is C23H21N5. The highest BCUT2D eigenvalue weighted by Gasteiger charge is 2.11. The predicted octanol–water partition coefficient (Wildman–Crippen LogP) is 5.46. The Kier molecular flexibility index (Phi) is 5.15. The van der Waals surface area contributed by atoms with E-state index in [2.05, 4.69) is 39.4 Å². The Balaban J connectivity index is 1.62. The molecule has 0 saturated carbocycles. The van der Waals surface area contributed by atoms with Crippen LogP contribution in [-0.2, 0) is 6.54 Å². The number of anilines is 4. The van der Waals surface area contributed by atoms with Crippen LogP contribution in [0, 0.1) is 0 Å². The first-order chi connectivity index (χ1) is 13.8. The van der Waals surface area contributed by atoms with Gasteiger partial charge in [-0.3, -0.25) is 0 Å². The second kappa shape index (κ2) is 8.22. The van der Waals surface area contributed by atoms with Crippen molar-refractivity contribution in [3.05, 3.63) is 103 Å². The van der Waals surface area contributed by atoms with Crippen molar-refractivity contribution >= 4 is 29.3 Å². The van der Waals surface area contributed by atoms with Gasteiger partial charge in [0.2, 0.25) is 11.9 Å². The van der Waals surface area contributed by atoms with Crippen LogP contribution in [0.25, 0.3) is 6.08 Å². The zero-order chi connectivity index (χ0) is 19.2. The Hall–Kier alpha value is -3.86. The lowest BCUT2D eigenvalue weighted by molar-refractivity contribution is 0.697. The molecule has 0 radical (unpaired) electrons. The molecule has 28 heavy (non-hydrogen) atoms. The average molecular weight is 367 g/mol. The van der Waals surface area contributed by atoms with E-state index in [-0.39, 0.29) is 0 Å². The van der Waals surface area contributed by atoms with Gasteiger partial charge in [-0.2, -0.15) is 4.98 Å². The maximum Gasteiger partial charge on any atom is 0.248 e. The Labute approximate surface area is 164 Å². The molecule has 0 unspecified atom stereocenters. The van der Waals surface area contributed by atoms with Crippen LogP contribution < -0.4 is 10.6 Å². The third-order valence-electron chi connectivity index (χ3n) is 4.28. The molecule has 5 nitrogen and oxygen atoms in total. The summed E-state index contributed by atoms with van der Waals surface area (Å²) in [5, 5.41) is 11.3. The van der Waals surface area contributed by atoms with E-state index in [9.17, 15) is 0 Å². The predicted molar refractivity (Wildman–Crippen MR) is 115 cm³/mol. The molecule has 0 spiro atoms. The Morgan fingerprint density at radius 3 is 2.00 bits per heavy atom. The summed E-state index contributed by atoms with van der Waals surface area (Å²) in [7, 11) is 0. The lowest BCUT2D eigenvalue weighted by atomic mass is 10.1. The summed E-state index contributed by atoms with van der Waals surface area (Å²) < 4.78 is 1.86. The molecule has 0 aliphatic heterocycles. The van der Waals surface area contributed by atoms with E-state index >= 15 is 0 Å². The van der Waals surface area contributed by atoms with Crippen molar-refractivity contribution < 1.29 is 0 Å². The third-order valence-corrected chi connectivity index (χ3v) is 4.28. The number of nitrogens with one attached hydrogen (secondary N) is 2. The van der Waals surface area contributed by atoms with E-state index in [1.165, 1.54) is 0 Å². The zero-order valence-electron chi connectivity index (χ0n) is 15.4. The van der Waals surface area contributed by atoms with Crippen LogP contribution in [0.4, 0.5) is 23.3 Å². The molecule has 5 heteroatoms. The Bertz CT molecular complexity index is 1040. The highest BCUT2D eigenvalue weighted by molar-refractivity contribution is 5.58. The second-order valence-corrected chi connectivity index (χ2v) is 6.34. The summed E-state index contributed by atoms with van der Waals surface area (Å²) in [6.45, 7) is 4.41. The van der Waals surface area contributed by atoms with Crippen molar-refractivity contribution in [2.24, 2.45) is 0 Å². The number of para-hydroxylation sites is 2. The minimum atomic E-state index is 0.548. The average Bonchev–Trinajstić information content (AvgIpc) is 3.10. The quantitative estimate of drug-likeness (QED) is 0.456. The van der Waals surface area contributed by atoms with Crippen LogP contribution in [0.2, 0.25) is 0 Å². The van der Waals surface area contributed by atoms with Gasteiger partial charge in [0.05, 0.1) is 6.54 Å². The fourth-order valence-corrected chi connectivity index (χ4v) is 2.83. The molecule has 2 N–H and O–H groups in total. The smallest absolute Gasteiger partial charge is 0.248 e. The molecule has 0 fully saturated rings. The van der Waals surface area contributed by atoms with Crippen LogP contribution >= 0.6 is 0 Å². The van der Waals surface area contributed by atoms with Gasteiger partial charge >= 0.3 is 0 Å². The van der Waals surface area contributed by atoms with Crippen LogP contribution in [0.1, 0.15) is 11.1 Å². The summed E-state index contributed by atoms with van der Waals surface area (Å²) in [6.07, 6.45) is 1.84. The fraction of sp³-hybridized carbons (Fsp3) is 0.0435. The Morgan fingerprint density at radius 1 is 0.786 bits per heavy atom.